The van der Waals surface area contributed by atoms with Gasteiger partial charge in [-0.25, -0.2) is 8.78 Å². The molecule has 0 aliphatic rings. The molecule has 0 saturated carbocycles. The zero-order valence-electron chi connectivity index (χ0n) is 12.6. The van der Waals surface area contributed by atoms with Crippen molar-refractivity contribution in [2.45, 2.75) is 19.4 Å². The van der Waals surface area contributed by atoms with Crippen molar-refractivity contribution in [1.82, 2.24) is 0 Å². The molecule has 0 bridgehead atoms. The van der Waals surface area contributed by atoms with Crippen LogP contribution in [0.25, 0.3) is 0 Å². The van der Waals surface area contributed by atoms with Gasteiger partial charge < -0.3 is 15.2 Å². The molecular formula is C17H17F2NO3. The van der Waals surface area contributed by atoms with Crippen LogP contribution in [0.2, 0.25) is 0 Å². The fraction of sp³-hybridized carbons (Fsp3) is 0.235. The summed E-state index contributed by atoms with van der Waals surface area (Å²) < 4.78 is 36.7. The Morgan fingerprint density at radius 2 is 2.00 bits per heavy atom. The van der Waals surface area contributed by atoms with Crippen molar-refractivity contribution in [1.29, 1.82) is 0 Å². The highest BCUT2D eigenvalue weighted by atomic mass is 19.1. The standard InChI is InChI=1S/C17H17F2NO3/c1-2-22-17(21)10-15(20)11-4-3-5-13(8-11)23-16-7-6-12(18)9-14(16)19/h3-9,15H,2,10,20H2,1H3. The Morgan fingerprint density at radius 1 is 1.22 bits per heavy atom. The van der Waals surface area contributed by atoms with Gasteiger partial charge in [-0.1, -0.05) is 12.1 Å². The Hall–Kier alpha value is -2.47. The van der Waals surface area contributed by atoms with Crippen LogP contribution in [0.3, 0.4) is 0 Å². The fourth-order valence-corrected chi connectivity index (χ4v) is 2.01. The molecule has 4 nitrogen and oxygen atoms in total. The van der Waals surface area contributed by atoms with Crippen molar-refractivity contribution < 1.29 is 23.0 Å². The van der Waals surface area contributed by atoms with Crippen molar-refractivity contribution in [3.8, 4) is 11.5 Å². The van der Waals surface area contributed by atoms with Crippen LogP contribution < -0.4 is 10.5 Å². The van der Waals surface area contributed by atoms with Gasteiger partial charge in [-0.3, -0.25) is 4.79 Å². The van der Waals surface area contributed by atoms with Gasteiger partial charge in [-0.15, -0.1) is 0 Å². The van der Waals surface area contributed by atoms with Gasteiger partial charge in [0.2, 0.25) is 0 Å². The smallest absolute Gasteiger partial charge is 0.307 e. The van der Waals surface area contributed by atoms with E-state index in [-0.39, 0.29) is 12.2 Å². The van der Waals surface area contributed by atoms with Crippen LogP contribution in [0.5, 0.6) is 11.5 Å². The second-order valence-corrected chi connectivity index (χ2v) is 4.86. The predicted molar refractivity (Wildman–Crippen MR) is 81.1 cm³/mol. The summed E-state index contributed by atoms with van der Waals surface area (Å²) in [5, 5.41) is 0. The Balaban J connectivity index is 2.11. The van der Waals surface area contributed by atoms with E-state index in [4.69, 9.17) is 15.2 Å². The summed E-state index contributed by atoms with van der Waals surface area (Å²) in [5.74, 6) is -1.63. The Bertz CT molecular complexity index is 691. The van der Waals surface area contributed by atoms with E-state index < -0.39 is 23.6 Å². The quantitative estimate of drug-likeness (QED) is 0.824. The molecule has 0 amide bonds. The molecule has 0 fully saturated rings. The largest absolute Gasteiger partial charge is 0.466 e. The van der Waals surface area contributed by atoms with Crippen LogP contribution in [0.4, 0.5) is 8.78 Å². The third-order valence-corrected chi connectivity index (χ3v) is 3.10. The normalized spacial score (nSPS) is 11.8. The number of hydrogen-bond acceptors (Lipinski definition) is 4. The lowest BCUT2D eigenvalue weighted by atomic mass is 10.0. The molecule has 2 aromatic rings. The molecule has 0 radical (unpaired) electrons. The van der Waals surface area contributed by atoms with Gasteiger partial charge in [0.1, 0.15) is 11.6 Å². The summed E-state index contributed by atoms with van der Waals surface area (Å²) in [5.41, 5.74) is 6.61. The summed E-state index contributed by atoms with van der Waals surface area (Å²) in [6, 6.07) is 9.12. The zero-order valence-corrected chi connectivity index (χ0v) is 12.6. The minimum Gasteiger partial charge on any atom is -0.466 e. The van der Waals surface area contributed by atoms with E-state index in [0.29, 0.717) is 17.9 Å². The van der Waals surface area contributed by atoms with E-state index in [1.54, 1.807) is 31.2 Å². The Morgan fingerprint density at radius 3 is 2.70 bits per heavy atom. The molecule has 0 aromatic heterocycles. The molecule has 1 atom stereocenters. The summed E-state index contributed by atoms with van der Waals surface area (Å²) in [6.07, 6.45) is 0.0300. The Kier molecular flexibility index (Phi) is 5.65. The van der Waals surface area contributed by atoms with Gasteiger partial charge in [-0.05, 0) is 36.8 Å². The number of ether oxygens (including phenoxy) is 2. The van der Waals surface area contributed by atoms with Crippen LogP contribution in [0, 0.1) is 11.6 Å². The van der Waals surface area contributed by atoms with Crippen molar-refractivity contribution in [3.05, 3.63) is 59.7 Å². The number of carbonyl (C=O) groups is 1. The topological polar surface area (TPSA) is 61.5 Å². The van der Waals surface area contributed by atoms with Crippen LogP contribution in [-0.2, 0) is 9.53 Å². The molecule has 0 aliphatic carbocycles. The second kappa shape index (κ2) is 7.69. The van der Waals surface area contributed by atoms with Crippen LogP contribution >= 0.6 is 0 Å². The van der Waals surface area contributed by atoms with E-state index in [2.05, 4.69) is 0 Å². The average Bonchev–Trinajstić information content (AvgIpc) is 2.50. The van der Waals surface area contributed by atoms with Gasteiger partial charge >= 0.3 is 5.97 Å². The minimum atomic E-state index is -0.800. The predicted octanol–water partition coefficient (Wildman–Crippen LogP) is 3.71. The summed E-state index contributed by atoms with van der Waals surface area (Å²) in [7, 11) is 0. The monoisotopic (exact) mass is 321 g/mol. The first-order chi connectivity index (χ1) is 11.0. The van der Waals surface area contributed by atoms with Crippen LogP contribution in [0.15, 0.2) is 42.5 Å². The average molecular weight is 321 g/mol. The minimum absolute atomic E-state index is 0.0300. The highest BCUT2D eigenvalue weighted by Crippen LogP contribution is 2.27. The molecule has 6 heteroatoms. The van der Waals surface area contributed by atoms with Crippen molar-refractivity contribution in [3.63, 3.8) is 0 Å². The van der Waals surface area contributed by atoms with Crippen molar-refractivity contribution in [2.75, 3.05) is 6.61 Å². The Labute approximate surface area is 132 Å². The molecule has 2 rings (SSSR count). The van der Waals surface area contributed by atoms with E-state index in [1.165, 1.54) is 6.07 Å². The first kappa shape index (κ1) is 16.9. The van der Waals surface area contributed by atoms with Crippen LogP contribution in [-0.4, -0.2) is 12.6 Å². The number of rotatable bonds is 6. The van der Waals surface area contributed by atoms with Gasteiger partial charge in [0, 0.05) is 12.1 Å². The van der Waals surface area contributed by atoms with Gasteiger partial charge in [0.25, 0.3) is 0 Å². The zero-order chi connectivity index (χ0) is 16.8. The lowest BCUT2D eigenvalue weighted by Gasteiger charge is -2.13. The number of nitrogens with two attached hydrogens (primary N) is 1. The van der Waals surface area contributed by atoms with E-state index >= 15 is 0 Å². The van der Waals surface area contributed by atoms with E-state index in [9.17, 15) is 13.6 Å². The highest BCUT2D eigenvalue weighted by Gasteiger charge is 2.14. The number of halogens is 2. The van der Waals surface area contributed by atoms with Gasteiger partial charge in [-0.2, -0.15) is 0 Å². The van der Waals surface area contributed by atoms with Gasteiger partial charge in [0.15, 0.2) is 11.6 Å². The summed E-state index contributed by atoms with van der Waals surface area (Å²) in [6.45, 7) is 2.01. The maximum atomic E-state index is 13.6. The molecule has 23 heavy (non-hydrogen) atoms. The molecular weight excluding hydrogens is 304 g/mol. The lowest BCUT2D eigenvalue weighted by Crippen LogP contribution is -2.17. The SMILES string of the molecule is CCOC(=O)CC(N)c1cccc(Oc2ccc(F)cc2F)c1. The number of carbonyl (C=O) groups excluding carboxylic acids is 1. The third-order valence-electron chi connectivity index (χ3n) is 3.10. The second-order valence-electron chi connectivity index (χ2n) is 4.86. The number of benzene rings is 2. The molecule has 0 saturated heterocycles. The number of hydrogen-bond donors (Lipinski definition) is 1. The molecule has 0 aliphatic heterocycles. The first-order valence-electron chi connectivity index (χ1n) is 7.13. The van der Waals surface area contributed by atoms with Crippen LogP contribution in [0.1, 0.15) is 24.9 Å². The molecule has 2 aromatic carbocycles. The number of esters is 1. The molecule has 2 N–H and O–H groups in total. The maximum Gasteiger partial charge on any atom is 0.307 e. The molecule has 0 heterocycles. The lowest BCUT2D eigenvalue weighted by molar-refractivity contribution is -0.143. The van der Waals surface area contributed by atoms with E-state index in [0.717, 1.165) is 12.1 Å². The van der Waals surface area contributed by atoms with Crippen molar-refractivity contribution in [2.24, 2.45) is 5.73 Å². The third kappa shape index (κ3) is 4.75. The van der Waals surface area contributed by atoms with E-state index in [1.807, 2.05) is 0 Å². The maximum absolute atomic E-state index is 13.6. The summed E-state index contributed by atoms with van der Waals surface area (Å²) >= 11 is 0. The first-order valence-corrected chi connectivity index (χ1v) is 7.13. The molecule has 0 spiro atoms. The van der Waals surface area contributed by atoms with Crippen molar-refractivity contribution >= 4 is 5.97 Å². The highest BCUT2D eigenvalue weighted by molar-refractivity contribution is 5.70. The fourth-order valence-electron chi connectivity index (χ4n) is 2.01. The van der Waals surface area contributed by atoms with Gasteiger partial charge in [0.05, 0.1) is 13.0 Å². The summed E-state index contributed by atoms with van der Waals surface area (Å²) in [4.78, 5) is 11.5. The molecule has 1 unspecified atom stereocenters. The molecule has 122 valence electrons.